The number of amides is 1. The van der Waals surface area contributed by atoms with Gasteiger partial charge in [0.15, 0.2) is 24.0 Å². The quantitative estimate of drug-likeness (QED) is 0.618. The first-order valence-corrected chi connectivity index (χ1v) is 8.34. The van der Waals surface area contributed by atoms with Crippen LogP contribution in [0.5, 0.6) is 5.75 Å². The van der Waals surface area contributed by atoms with Crippen LogP contribution in [0.1, 0.15) is 22.1 Å². The average Bonchev–Trinajstić information content (AvgIpc) is 3.13. The lowest BCUT2D eigenvalue weighted by Crippen LogP contribution is -2.30. The van der Waals surface area contributed by atoms with Gasteiger partial charge in [0, 0.05) is 20.0 Å². The van der Waals surface area contributed by atoms with E-state index in [-0.39, 0.29) is 37.0 Å². The lowest BCUT2D eigenvalue weighted by atomic mass is 10.1. The van der Waals surface area contributed by atoms with Gasteiger partial charge in [-0.15, -0.1) is 0 Å². The topological polar surface area (TPSA) is 68.5 Å². The summed E-state index contributed by atoms with van der Waals surface area (Å²) >= 11 is 0. The van der Waals surface area contributed by atoms with Crippen LogP contribution >= 0.6 is 0 Å². The summed E-state index contributed by atoms with van der Waals surface area (Å²) in [4.78, 5) is 17.5. The number of likely N-dealkylation sites (N-methyl/N-ethyl adjacent to an activating group) is 1. The summed E-state index contributed by atoms with van der Waals surface area (Å²) < 4.78 is 51.2. The molecule has 9 heteroatoms. The van der Waals surface area contributed by atoms with E-state index in [1.807, 2.05) is 0 Å². The van der Waals surface area contributed by atoms with Gasteiger partial charge in [0.25, 0.3) is 11.8 Å². The van der Waals surface area contributed by atoms with Gasteiger partial charge in [0.05, 0.1) is 0 Å². The minimum atomic E-state index is -0.927. The van der Waals surface area contributed by atoms with E-state index in [1.54, 1.807) is 6.07 Å². The van der Waals surface area contributed by atoms with E-state index in [0.717, 1.165) is 17.0 Å². The highest BCUT2D eigenvalue weighted by atomic mass is 19.1. The predicted octanol–water partition coefficient (Wildman–Crippen LogP) is 3.38. The second kappa shape index (κ2) is 8.55. The highest BCUT2D eigenvalue weighted by molar-refractivity contribution is 5.94. The minimum Gasteiger partial charge on any atom is -0.481 e. The third-order valence-electron chi connectivity index (χ3n) is 3.89. The Morgan fingerprint density at radius 3 is 2.46 bits per heavy atom. The summed E-state index contributed by atoms with van der Waals surface area (Å²) in [6.07, 6.45) is 0.196. The molecule has 0 aliphatic carbocycles. The van der Waals surface area contributed by atoms with Crippen molar-refractivity contribution in [1.29, 1.82) is 0 Å². The van der Waals surface area contributed by atoms with Crippen LogP contribution in [0.3, 0.4) is 0 Å². The Hall–Kier alpha value is -3.36. The molecule has 0 unspecified atom stereocenters. The molecule has 28 heavy (non-hydrogen) atoms. The molecule has 6 nitrogen and oxygen atoms in total. The minimum absolute atomic E-state index is 0.0551. The van der Waals surface area contributed by atoms with Gasteiger partial charge in [-0.2, -0.15) is 4.98 Å². The third kappa shape index (κ3) is 4.48. The first kappa shape index (κ1) is 19.4. The Kier molecular flexibility index (Phi) is 5.93. The lowest BCUT2D eigenvalue weighted by Gasteiger charge is -2.16. The number of hydrogen-bond donors (Lipinski definition) is 0. The molecule has 0 bridgehead atoms. The van der Waals surface area contributed by atoms with Crippen molar-refractivity contribution in [3.05, 3.63) is 77.2 Å². The van der Waals surface area contributed by atoms with Crippen molar-refractivity contribution in [1.82, 2.24) is 15.0 Å². The monoisotopic (exact) mass is 391 g/mol. The average molecular weight is 391 g/mol. The summed E-state index contributed by atoms with van der Waals surface area (Å²) in [6.45, 7) is -0.0110. The molecule has 0 radical (unpaired) electrons. The van der Waals surface area contributed by atoms with Gasteiger partial charge >= 0.3 is 0 Å². The number of carbonyl (C=O) groups excluding carboxylic acids is 1. The van der Waals surface area contributed by atoms with Crippen molar-refractivity contribution < 1.29 is 27.2 Å². The molecular formula is C19H16F3N3O3. The largest absolute Gasteiger partial charge is 0.481 e. The molecule has 1 amide bonds. The molecule has 3 rings (SSSR count). The lowest BCUT2D eigenvalue weighted by molar-refractivity contribution is 0.0786. The molecule has 146 valence electrons. The third-order valence-corrected chi connectivity index (χ3v) is 3.89. The van der Waals surface area contributed by atoms with Crippen LogP contribution in [0.15, 0.2) is 47.0 Å². The fourth-order valence-electron chi connectivity index (χ4n) is 2.41. The van der Waals surface area contributed by atoms with Crippen LogP contribution in [0, 0.1) is 17.5 Å². The molecule has 2 aromatic carbocycles. The SMILES string of the molecule is CN(CCc1noc(COc2ccccc2F)n1)C(=O)c1c(F)cccc1F. The first-order valence-electron chi connectivity index (χ1n) is 8.34. The normalized spacial score (nSPS) is 10.7. The Morgan fingerprint density at radius 2 is 1.75 bits per heavy atom. The highest BCUT2D eigenvalue weighted by Crippen LogP contribution is 2.17. The van der Waals surface area contributed by atoms with E-state index < -0.39 is 28.9 Å². The number of nitrogens with zero attached hydrogens (tertiary/aromatic N) is 3. The van der Waals surface area contributed by atoms with Gasteiger partial charge in [0.1, 0.15) is 17.2 Å². The molecule has 0 aliphatic rings. The van der Waals surface area contributed by atoms with E-state index in [2.05, 4.69) is 10.1 Å². The Bertz CT molecular complexity index is 958. The second-order valence-electron chi connectivity index (χ2n) is 5.90. The number of carbonyl (C=O) groups is 1. The molecule has 0 fully saturated rings. The van der Waals surface area contributed by atoms with Gasteiger partial charge < -0.3 is 14.2 Å². The standard InChI is InChI=1S/C19H16F3N3O3/c1-25(19(26)18-13(21)6-4-7-14(18)22)10-9-16-23-17(28-24-16)11-27-15-8-3-2-5-12(15)20/h2-8H,9-11H2,1H3. The number of rotatable bonds is 7. The van der Waals surface area contributed by atoms with Crippen LogP contribution in [0.2, 0.25) is 0 Å². The van der Waals surface area contributed by atoms with Crippen molar-refractivity contribution in [3.8, 4) is 5.75 Å². The predicted molar refractivity (Wildman–Crippen MR) is 92.1 cm³/mol. The Balaban J connectivity index is 1.55. The fraction of sp³-hybridized carbons (Fsp3) is 0.211. The maximum atomic E-state index is 13.7. The molecule has 0 spiro atoms. The molecule has 0 atom stereocenters. The number of aromatic nitrogens is 2. The fourth-order valence-corrected chi connectivity index (χ4v) is 2.41. The molecule has 1 aromatic heterocycles. The Morgan fingerprint density at radius 1 is 1.07 bits per heavy atom. The highest BCUT2D eigenvalue weighted by Gasteiger charge is 2.21. The molecule has 3 aromatic rings. The van der Waals surface area contributed by atoms with E-state index in [1.165, 1.54) is 31.3 Å². The van der Waals surface area contributed by atoms with Crippen LogP contribution < -0.4 is 4.74 Å². The van der Waals surface area contributed by atoms with Gasteiger partial charge in [-0.05, 0) is 24.3 Å². The van der Waals surface area contributed by atoms with Gasteiger partial charge in [-0.3, -0.25) is 4.79 Å². The van der Waals surface area contributed by atoms with Crippen molar-refractivity contribution >= 4 is 5.91 Å². The van der Waals surface area contributed by atoms with Gasteiger partial charge in [0.2, 0.25) is 0 Å². The van der Waals surface area contributed by atoms with Crippen LogP contribution in [-0.4, -0.2) is 34.5 Å². The molecule has 1 heterocycles. The summed E-state index contributed by atoms with van der Waals surface area (Å²) in [7, 11) is 1.41. The summed E-state index contributed by atoms with van der Waals surface area (Å²) in [6, 6.07) is 9.12. The number of benzene rings is 2. The van der Waals surface area contributed by atoms with E-state index >= 15 is 0 Å². The zero-order chi connectivity index (χ0) is 20.1. The zero-order valence-electron chi connectivity index (χ0n) is 14.9. The van der Waals surface area contributed by atoms with Crippen molar-refractivity contribution in [2.24, 2.45) is 0 Å². The van der Waals surface area contributed by atoms with Crippen molar-refractivity contribution in [2.75, 3.05) is 13.6 Å². The summed E-state index contributed by atoms with van der Waals surface area (Å²) in [5, 5.41) is 3.74. The van der Waals surface area contributed by atoms with Crippen molar-refractivity contribution in [2.45, 2.75) is 13.0 Å². The number of halogens is 3. The number of ether oxygens (including phenoxy) is 1. The maximum absolute atomic E-state index is 13.7. The molecule has 0 saturated heterocycles. The molecule has 0 N–H and O–H groups in total. The zero-order valence-corrected chi connectivity index (χ0v) is 14.9. The molecular weight excluding hydrogens is 375 g/mol. The second-order valence-corrected chi connectivity index (χ2v) is 5.90. The van der Waals surface area contributed by atoms with E-state index in [4.69, 9.17) is 9.26 Å². The van der Waals surface area contributed by atoms with Crippen LogP contribution in [0.4, 0.5) is 13.2 Å². The van der Waals surface area contributed by atoms with Gasteiger partial charge in [-0.1, -0.05) is 23.4 Å². The number of para-hydroxylation sites is 1. The smallest absolute Gasteiger partial charge is 0.264 e. The summed E-state index contributed by atoms with van der Waals surface area (Å²) in [5.74, 6) is -2.69. The van der Waals surface area contributed by atoms with E-state index in [0.29, 0.717) is 0 Å². The van der Waals surface area contributed by atoms with Crippen LogP contribution in [-0.2, 0) is 13.0 Å². The van der Waals surface area contributed by atoms with E-state index in [9.17, 15) is 18.0 Å². The van der Waals surface area contributed by atoms with Crippen molar-refractivity contribution in [3.63, 3.8) is 0 Å². The summed E-state index contributed by atoms with van der Waals surface area (Å²) in [5.41, 5.74) is -0.614. The van der Waals surface area contributed by atoms with Crippen LogP contribution in [0.25, 0.3) is 0 Å². The molecule has 0 aliphatic heterocycles. The number of hydrogen-bond acceptors (Lipinski definition) is 5. The maximum Gasteiger partial charge on any atom is 0.264 e. The molecule has 0 saturated carbocycles. The Labute approximate surface area is 158 Å². The first-order chi connectivity index (χ1) is 13.5. The van der Waals surface area contributed by atoms with Gasteiger partial charge in [-0.25, -0.2) is 13.2 Å².